The summed E-state index contributed by atoms with van der Waals surface area (Å²) in [5, 5.41) is 0. The van der Waals surface area contributed by atoms with Gasteiger partial charge in [-0.25, -0.2) is 4.57 Å². The second-order valence-corrected chi connectivity index (χ2v) is 3.54. The Kier molecular flexibility index (Phi) is 2.59. The summed E-state index contributed by atoms with van der Waals surface area (Å²) < 4.78 is 2.08. The molecular formula is C13H14N+. The van der Waals surface area contributed by atoms with Gasteiger partial charge in [-0.2, -0.15) is 0 Å². The molecule has 14 heavy (non-hydrogen) atoms. The number of benzene rings is 1. The van der Waals surface area contributed by atoms with Crippen LogP contribution in [0.3, 0.4) is 0 Å². The van der Waals surface area contributed by atoms with Crippen molar-refractivity contribution in [1.29, 1.82) is 0 Å². The fourth-order valence-electron chi connectivity index (χ4n) is 1.59. The maximum Gasteiger partial charge on any atom is 0.172 e. The van der Waals surface area contributed by atoms with Crippen LogP contribution in [0, 0.1) is 0 Å². The molecule has 0 saturated heterocycles. The molecule has 2 aromatic rings. The Morgan fingerprint density at radius 2 is 1.64 bits per heavy atom. The molecule has 0 aliphatic carbocycles. The Hall–Kier alpha value is -1.63. The molecule has 0 N–H and O–H groups in total. The topological polar surface area (TPSA) is 3.88 Å². The zero-order valence-corrected chi connectivity index (χ0v) is 8.35. The van der Waals surface area contributed by atoms with E-state index < -0.39 is 0 Å². The van der Waals surface area contributed by atoms with E-state index in [-0.39, 0.29) is 0 Å². The van der Waals surface area contributed by atoms with Crippen molar-refractivity contribution in [3.8, 4) is 0 Å². The first kappa shape index (κ1) is 8.95. The van der Waals surface area contributed by atoms with Crippen LogP contribution in [0.15, 0.2) is 54.9 Å². The third-order valence-corrected chi connectivity index (χ3v) is 2.25. The van der Waals surface area contributed by atoms with Gasteiger partial charge in [0.15, 0.2) is 12.4 Å². The largest absolute Gasteiger partial charge is 0.208 e. The van der Waals surface area contributed by atoms with Crippen molar-refractivity contribution >= 4 is 0 Å². The summed E-state index contributed by atoms with van der Waals surface area (Å²) in [7, 11) is 2.05. The lowest BCUT2D eigenvalue weighted by Gasteiger charge is -1.99. The minimum atomic E-state index is 1.01. The van der Waals surface area contributed by atoms with Crippen LogP contribution in [0.4, 0.5) is 0 Å². The van der Waals surface area contributed by atoms with E-state index >= 15 is 0 Å². The average molecular weight is 184 g/mol. The number of rotatable bonds is 2. The van der Waals surface area contributed by atoms with Gasteiger partial charge < -0.3 is 0 Å². The lowest BCUT2D eigenvalue weighted by molar-refractivity contribution is -0.671. The minimum absolute atomic E-state index is 1.01. The molecule has 1 aromatic heterocycles. The Morgan fingerprint density at radius 1 is 0.929 bits per heavy atom. The molecule has 70 valence electrons. The Labute approximate surface area is 84.6 Å². The Morgan fingerprint density at radius 3 is 2.36 bits per heavy atom. The summed E-state index contributed by atoms with van der Waals surface area (Å²) in [6, 6.07) is 14.8. The van der Waals surface area contributed by atoms with Crippen LogP contribution in [-0.2, 0) is 13.5 Å². The molecule has 0 bridgehead atoms. The fourth-order valence-corrected chi connectivity index (χ4v) is 1.59. The zero-order valence-electron chi connectivity index (χ0n) is 8.35. The predicted octanol–water partition coefficient (Wildman–Crippen LogP) is 2.10. The van der Waals surface area contributed by atoms with Crippen molar-refractivity contribution in [3.63, 3.8) is 0 Å². The first-order valence-corrected chi connectivity index (χ1v) is 4.83. The number of pyridine rings is 1. The number of hydrogen-bond acceptors (Lipinski definition) is 0. The van der Waals surface area contributed by atoms with Crippen LogP contribution in [0.5, 0.6) is 0 Å². The highest BCUT2D eigenvalue weighted by molar-refractivity contribution is 5.22. The highest BCUT2D eigenvalue weighted by atomic mass is 14.9. The average Bonchev–Trinajstić information content (AvgIpc) is 2.19. The van der Waals surface area contributed by atoms with Gasteiger partial charge in [-0.15, -0.1) is 0 Å². The van der Waals surface area contributed by atoms with Gasteiger partial charge in [0, 0.05) is 18.1 Å². The van der Waals surface area contributed by atoms with Crippen LogP contribution in [0.1, 0.15) is 11.1 Å². The molecule has 1 heteroatoms. The van der Waals surface area contributed by atoms with Crippen LogP contribution >= 0.6 is 0 Å². The van der Waals surface area contributed by atoms with Gasteiger partial charge >= 0.3 is 0 Å². The van der Waals surface area contributed by atoms with E-state index in [1.54, 1.807) is 0 Å². The molecule has 1 aromatic carbocycles. The third kappa shape index (κ3) is 2.19. The molecule has 0 radical (unpaired) electrons. The van der Waals surface area contributed by atoms with Gasteiger partial charge in [0.05, 0.1) is 0 Å². The smallest absolute Gasteiger partial charge is 0.172 e. The summed E-state index contributed by atoms with van der Waals surface area (Å²) in [5.74, 6) is 0. The maximum absolute atomic E-state index is 2.16. The summed E-state index contributed by atoms with van der Waals surface area (Å²) in [5.41, 5.74) is 2.71. The van der Waals surface area contributed by atoms with Crippen LogP contribution in [0.25, 0.3) is 0 Å². The maximum atomic E-state index is 2.16. The zero-order chi connectivity index (χ0) is 9.80. The Balaban J connectivity index is 2.19. The first-order valence-electron chi connectivity index (χ1n) is 4.83. The summed E-state index contributed by atoms with van der Waals surface area (Å²) in [6.45, 7) is 0. The molecule has 0 amide bonds. The number of nitrogens with zero attached hydrogens (tertiary/aromatic N) is 1. The lowest BCUT2D eigenvalue weighted by Crippen LogP contribution is -2.26. The van der Waals surface area contributed by atoms with Gasteiger partial charge in [0.25, 0.3) is 0 Å². The van der Waals surface area contributed by atoms with E-state index in [9.17, 15) is 0 Å². The van der Waals surface area contributed by atoms with E-state index in [4.69, 9.17) is 0 Å². The molecule has 0 atom stereocenters. The lowest BCUT2D eigenvalue weighted by atomic mass is 10.1. The summed E-state index contributed by atoms with van der Waals surface area (Å²) in [4.78, 5) is 0. The van der Waals surface area contributed by atoms with Gasteiger partial charge in [-0.1, -0.05) is 30.3 Å². The third-order valence-electron chi connectivity index (χ3n) is 2.25. The second kappa shape index (κ2) is 4.05. The normalized spacial score (nSPS) is 10.1. The minimum Gasteiger partial charge on any atom is -0.208 e. The van der Waals surface area contributed by atoms with E-state index in [2.05, 4.69) is 66.5 Å². The first-order chi connectivity index (χ1) is 6.84. The van der Waals surface area contributed by atoms with Gasteiger partial charge in [0.1, 0.15) is 7.05 Å². The molecule has 0 unspecified atom stereocenters. The standard InChI is InChI=1S/C13H14N/c1-14-9-5-8-13(11-14)10-12-6-3-2-4-7-12/h2-9,11H,10H2,1H3/q+1. The monoisotopic (exact) mass is 184 g/mol. The van der Waals surface area contributed by atoms with E-state index in [1.807, 2.05) is 0 Å². The highest BCUT2D eigenvalue weighted by Crippen LogP contribution is 2.06. The molecule has 1 nitrogen and oxygen atoms in total. The molecule has 0 aliphatic heterocycles. The predicted molar refractivity (Wildman–Crippen MR) is 56.9 cm³/mol. The van der Waals surface area contributed by atoms with Crippen molar-refractivity contribution in [1.82, 2.24) is 0 Å². The quantitative estimate of drug-likeness (QED) is 0.629. The van der Waals surface area contributed by atoms with E-state index in [1.165, 1.54) is 11.1 Å². The van der Waals surface area contributed by atoms with Crippen molar-refractivity contribution in [2.24, 2.45) is 7.05 Å². The van der Waals surface area contributed by atoms with Crippen LogP contribution in [0.2, 0.25) is 0 Å². The Bertz CT molecular complexity index is 407. The van der Waals surface area contributed by atoms with Crippen LogP contribution in [-0.4, -0.2) is 0 Å². The van der Waals surface area contributed by atoms with Crippen LogP contribution < -0.4 is 4.57 Å². The SMILES string of the molecule is C[n+]1cccc(Cc2ccccc2)c1. The molecule has 0 spiro atoms. The molecule has 0 saturated carbocycles. The van der Waals surface area contributed by atoms with Crippen molar-refractivity contribution in [3.05, 3.63) is 66.0 Å². The molecule has 1 heterocycles. The van der Waals surface area contributed by atoms with Gasteiger partial charge in [-0.05, 0) is 11.6 Å². The van der Waals surface area contributed by atoms with Crippen molar-refractivity contribution in [2.75, 3.05) is 0 Å². The highest BCUT2D eigenvalue weighted by Gasteiger charge is 1.98. The number of aryl methyl sites for hydroxylation is 1. The van der Waals surface area contributed by atoms with Crippen molar-refractivity contribution in [2.45, 2.75) is 6.42 Å². The molecular weight excluding hydrogens is 170 g/mol. The van der Waals surface area contributed by atoms with Gasteiger partial charge in [0.2, 0.25) is 0 Å². The summed E-state index contributed by atoms with van der Waals surface area (Å²) in [6.07, 6.45) is 5.22. The van der Waals surface area contributed by atoms with E-state index in [0.29, 0.717) is 0 Å². The second-order valence-electron chi connectivity index (χ2n) is 3.54. The van der Waals surface area contributed by atoms with Gasteiger partial charge in [-0.3, -0.25) is 0 Å². The molecule has 0 fully saturated rings. The number of hydrogen-bond donors (Lipinski definition) is 0. The van der Waals surface area contributed by atoms with Crippen molar-refractivity contribution < 1.29 is 4.57 Å². The molecule has 2 rings (SSSR count). The fraction of sp³-hybridized carbons (Fsp3) is 0.154. The van der Waals surface area contributed by atoms with E-state index in [0.717, 1.165) is 6.42 Å². The summed E-state index contributed by atoms with van der Waals surface area (Å²) >= 11 is 0. The number of aromatic nitrogens is 1. The molecule has 0 aliphatic rings.